The van der Waals surface area contributed by atoms with E-state index in [4.69, 9.17) is 5.11 Å². The number of benzene rings is 1. The summed E-state index contributed by atoms with van der Waals surface area (Å²) in [5.74, 6) is -0.942. The van der Waals surface area contributed by atoms with Crippen molar-refractivity contribution < 1.29 is 9.90 Å². The Hall–Kier alpha value is -1.29. The molecule has 0 aromatic heterocycles. The van der Waals surface area contributed by atoms with Gasteiger partial charge < -0.3 is 10.0 Å². The van der Waals surface area contributed by atoms with Gasteiger partial charge in [0.25, 0.3) is 0 Å². The van der Waals surface area contributed by atoms with Gasteiger partial charge in [-0.25, -0.2) is 4.79 Å². The fourth-order valence-corrected chi connectivity index (χ4v) is 2.31. The molecule has 1 aromatic carbocycles. The minimum absolute atomic E-state index is 0.135. The van der Waals surface area contributed by atoms with Gasteiger partial charge in [0, 0.05) is 29.3 Å². The molecule has 1 atom stereocenters. The fraction of sp³-hybridized carbons (Fsp3) is 0.438. The van der Waals surface area contributed by atoms with Crippen LogP contribution >= 0.6 is 15.9 Å². The number of rotatable bonds is 4. The number of anilines is 1. The maximum Gasteiger partial charge on any atom is 0.328 e. The summed E-state index contributed by atoms with van der Waals surface area (Å²) in [6.07, 6.45) is 2.80. The van der Waals surface area contributed by atoms with E-state index < -0.39 is 5.97 Å². The number of carboxylic acid groups (broad SMARTS) is 1. The van der Waals surface area contributed by atoms with Gasteiger partial charge in [-0.2, -0.15) is 0 Å². The van der Waals surface area contributed by atoms with E-state index in [0.717, 1.165) is 15.7 Å². The van der Waals surface area contributed by atoms with Crippen LogP contribution in [0.25, 0.3) is 6.08 Å². The molecule has 20 heavy (non-hydrogen) atoms. The van der Waals surface area contributed by atoms with Crippen molar-refractivity contribution in [3.8, 4) is 0 Å². The zero-order chi connectivity index (χ0) is 15.5. The third-order valence-electron chi connectivity index (χ3n) is 3.61. The lowest BCUT2D eigenvalue weighted by atomic mass is 9.86. The Morgan fingerprint density at radius 2 is 2.00 bits per heavy atom. The van der Waals surface area contributed by atoms with Crippen molar-refractivity contribution in [2.24, 2.45) is 5.41 Å². The third-order valence-corrected chi connectivity index (χ3v) is 4.10. The molecule has 1 unspecified atom stereocenters. The van der Waals surface area contributed by atoms with Crippen LogP contribution in [0.3, 0.4) is 0 Å². The Kier molecular flexibility index (Phi) is 5.40. The Balaban J connectivity index is 3.20. The monoisotopic (exact) mass is 339 g/mol. The summed E-state index contributed by atoms with van der Waals surface area (Å²) in [5.41, 5.74) is 2.05. The normalized spacial score (nSPS) is 13.5. The summed E-state index contributed by atoms with van der Waals surface area (Å²) in [6, 6.07) is 6.23. The minimum atomic E-state index is -0.942. The van der Waals surface area contributed by atoms with Crippen molar-refractivity contribution in [1.29, 1.82) is 0 Å². The van der Waals surface area contributed by atoms with Gasteiger partial charge in [0.1, 0.15) is 0 Å². The van der Waals surface area contributed by atoms with Gasteiger partial charge in [-0.05, 0) is 42.2 Å². The van der Waals surface area contributed by atoms with Crippen LogP contribution in [0.2, 0.25) is 0 Å². The Labute approximate surface area is 129 Å². The highest BCUT2D eigenvalue weighted by Gasteiger charge is 2.25. The highest BCUT2D eigenvalue weighted by Crippen LogP contribution is 2.31. The quantitative estimate of drug-likeness (QED) is 0.825. The van der Waals surface area contributed by atoms with E-state index in [9.17, 15) is 4.79 Å². The maximum atomic E-state index is 10.7. The second kappa shape index (κ2) is 6.44. The molecule has 0 saturated heterocycles. The first-order valence-corrected chi connectivity index (χ1v) is 7.35. The summed E-state index contributed by atoms with van der Waals surface area (Å²) >= 11 is 3.43. The number of aliphatic carboxylic acids is 1. The Morgan fingerprint density at radius 3 is 2.50 bits per heavy atom. The molecule has 0 aliphatic heterocycles. The van der Waals surface area contributed by atoms with Gasteiger partial charge in [0.15, 0.2) is 0 Å². The van der Waals surface area contributed by atoms with E-state index in [2.05, 4.69) is 48.5 Å². The zero-order valence-corrected chi connectivity index (χ0v) is 14.2. The van der Waals surface area contributed by atoms with E-state index in [1.807, 2.05) is 25.2 Å². The number of carbonyl (C=O) groups is 1. The van der Waals surface area contributed by atoms with Crippen LogP contribution in [0.1, 0.15) is 33.3 Å². The molecule has 1 N–H and O–H groups in total. The molecule has 0 amide bonds. The lowest BCUT2D eigenvalue weighted by molar-refractivity contribution is -0.131. The molecule has 0 fully saturated rings. The number of halogens is 1. The average molecular weight is 340 g/mol. The fourth-order valence-electron chi connectivity index (χ4n) is 1.93. The van der Waals surface area contributed by atoms with Gasteiger partial charge in [-0.15, -0.1) is 0 Å². The number of hydrogen-bond donors (Lipinski definition) is 1. The van der Waals surface area contributed by atoms with Gasteiger partial charge >= 0.3 is 5.97 Å². The van der Waals surface area contributed by atoms with Crippen molar-refractivity contribution in [3.05, 3.63) is 34.3 Å². The lowest BCUT2D eigenvalue weighted by Gasteiger charge is -2.37. The van der Waals surface area contributed by atoms with Gasteiger partial charge in [-0.3, -0.25) is 0 Å². The van der Waals surface area contributed by atoms with Crippen LogP contribution in [-0.4, -0.2) is 24.2 Å². The molecule has 0 aliphatic rings. The molecular weight excluding hydrogens is 318 g/mol. The van der Waals surface area contributed by atoms with Crippen LogP contribution in [0.4, 0.5) is 5.69 Å². The summed E-state index contributed by atoms with van der Waals surface area (Å²) in [6.45, 7) is 8.76. The van der Waals surface area contributed by atoms with Crippen molar-refractivity contribution in [2.75, 3.05) is 11.9 Å². The topological polar surface area (TPSA) is 40.5 Å². The van der Waals surface area contributed by atoms with Crippen LogP contribution < -0.4 is 4.90 Å². The first kappa shape index (κ1) is 16.8. The average Bonchev–Trinajstić information content (AvgIpc) is 2.33. The molecule has 110 valence electrons. The Bertz CT molecular complexity index is 518. The van der Waals surface area contributed by atoms with Crippen LogP contribution in [-0.2, 0) is 4.79 Å². The molecule has 1 aromatic rings. The van der Waals surface area contributed by atoms with E-state index in [1.165, 1.54) is 6.08 Å². The molecule has 0 heterocycles. The second-order valence-electron chi connectivity index (χ2n) is 6.03. The first-order chi connectivity index (χ1) is 9.12. The predicted molar refractivity (Wildman–Crippen MR) is 88.1 cm³/mol. The minimum Gasteiger partial charge on any atom is -0.478 e. The van der Waals surface area contributed by atoms with E-state index >= 15 is 0 Å². The largest absolute Gasteiger partial charge is 0.478 e. The van der Waals surface area contributed by atoms with Crippen LogP contribution in [0.15, 0.2) is 28.7 Å². The molecular formula is C16H22BrNO2. The summed E-state index contributed by atoms with van der Waals surface area (Å²) in [4.78, 5) is 12.9. The molecule has 0 aliphatic carbocycles. The van der Waals surface area contributed by atoms with Gasteiger partial charge in [0.05, 0.1) is 0 Å². The van der Waals surface area contributed by atoms with Crippen LogP contribution in [0, 0.1) is 5.41 Å². The number of nitrogens with zero attached hydrogens (tertiary/aromatic N) is 1. The molecule has 0 radical (unpaired) electrons. The summed E-state index contributed by atoms with van der Waals surface area (Å²) in [5, 5.41) is 8.80. The van der Waals surface area contributed by atoms with Crippen molar-refractivity contribution in [2.45, 2.75) is 33.7 Å². The highest BCUT2D eigenvalue weighted by molar-refractivity contribution is 9.10. The predicted octanol–water partition coefficient (Wildman–Crippen LogP) is 4.42. The van der Waals surface area contributed by atoms with Crippen LogP contribution in [0.5, 0.6) is 0 Å². The molecule has 0 bridgehead atoms. The standard InChI is InChI=1S/C16H22BrNO2/c1-11(16(2,3)4)18(5)14-8-7-13(17)10-12(14)6-9-15(19)20/h6-11H,1-5H3,(H,19,20)/b9-6+. The van der Waals surface area contributed by atoms with Crippen molar-refractivity contribution in [1.82, 2.24) is 0 Å². The van der Waals surface area contributed by atoms with E-state index in [1.54, 1.807) is 6.08 Å². The second-order valence-corrected chi connectivity index (χ2v) is 6.94. The SMILES string of the molecule is CC(N(C)c1ccc(Br)cc1/C=C/C(=O)O)C(C)(C)C. The summed E-state index contributed by atoms with van der Waals surface area (Å²) < 4.78 is 0.933. The van der Waals surface area contributed by atoms with Crippen molar-refractivity contribution >= 4 is 33.7 Å². The summed E-state index contributed by atoms with van der Waals surface area (Å²) in [7, 11) is 2.04. The molecule has 1 rings (SSSR count). The lowest BCUT2D eigenvalue weighted by Crippen LogP contribution is -2.39. The molecule has 4 heteroatoms. The molecule has 0 saturated carbocycles. The highest BCUT2D eigenvalue weighted by atomic mass is 79.9. The Morgan fingerprint density at radius 1 is 1.40 bits per heavy atom. The van der Waals surface area contributed by atoms with Gasteiger partial charge in [-0.1, -0.05) is 36.7 Å². The van der Waals surface area contributed by atoms with Crippen molar-refractivity contribution in [3.63, 3.8) is 0 Å². The molecule has 3 nitrogen and oxygen atoms in total. The zero-order valence-electron chi connectivity index (χ0n) is 12.6. The molecule has 0 spiro atoms. The van der Waals surface area contributed by atoms with E-state index in [-0.39, 0.29) is 5.41 Å². The third kappa shape index (κ3) is 4.37. The smallest absolute Gasteiger partial charge is 0.328 e. The van der Waals surface area contributed by atoms with E-state index in [0.29, 0.717) is 6.04 Å². The first-order valence-electron chi connectivity index (χ1n) is 6.56. The van der Waals surface area contributed by atoms with Gasteiger partial charge in [0.2, 0.25) is 0 Å². The number of carboxylic acids is 1. The maximum absolute atomic E-state index is 10.7. The number of hydrogen-bond acceptors (Lipinski definition) is 2.